The van der Waals surface area contributed by atoms with Gasteiger partial charge in [-0.1, -0.05) is 27.2 Å². The lowest BCUT2D eigenvalue weighted by molar-refractivity contribution is 0.263. The fourth-order valence-electron chi connectivity index (χ4n) is 2.93. The molecular formula is C16H29N3. The molecule has 3 nitrogen and oxygen atoms in total. The maximum Gasteiger partial charge on any atom is 0.0669 e. The van der Waals surface area contributed by atoms with Crippen LogP contribution in [0.15, 0.2) is 0 Å². The second-order valence-corrected chi connectivity index (χ2v) is 5.73. The lowest BCUT2D eigenvalue weighted by Crippen LogP contribution is -2.21. The lowest BCUT2D eigenvalue weighted by Gasteiger charge is -2.25. The van der Waals surface area contributed by atoms with Gasteiger partial charge in [0.05, 0.1) is 5.69 Å². The summed E-state index contributed by atoms with van der Waals surface area (Å²) in [6.45, 7) is 9.93. The van der Waals surface area contributed by atoms with Gasteiger partial charge in [0.1, 0.15) is 0 Å². The largest absolute Gasteiger partial charge is 0.313 e. The van der Waals surface area contributed by atoms with Crippen LogP contribution in [0.4, 0.5) is 0 Å². The van der Waals surface area contributed by atoms with E-state index in [2.05, 4.69) is 30.8 Å². The average molecular weight is 263 g/mol. The van der Waals surface area contributed by atoms with Gasteiger partial charge >= 0.3 is 0 Å². The molecule has 0 unspecified atom stereocenters. The quantitative estimate of drug-likeness (QED) is 0.729. The van der Waals surface area contributed by atoms with Crippen molar-refractivity contribution in [2.75, 3.05) is 6.54 Å². The molecule has 0 atom stereocenters. The highest BCUT2D eigenvalue weighted by molar-refractivity contribution is 5.27. The molecule has 19 heavy (non-hydrogen) atoms. The van der Waals surface area contributed by atoms with Gasteiger partial charge < -0.3 is 5.32 Å². The Labute approximate surface area is 117 Å². The van der Waals surface area contributed by atoms with Crippen LogP contribution in [-0.4, -0.2) is 16.3 Å². The van der Waals surface area contributed by atoms with Crippen molar-refractivity contribution < 1.29 is 0 Å². The third-order valence-electron chi connectivity index (χ3n) is 4.30. The Balaban J connectivity index is 2.12. The number of rotatable bonds is 8. The lowest BCUT2D eigenvalue weighted by atomic mass is 9.85. The molecule has 0 bridgehead atoms. The van der Waals surface area contributed by atoms with Crippen molar-refractivity contribution in [1.29, 1.82) is 0 Å². The van der Waals surface area contributed by atoms with Crippen LogP contribution >= 0.6 is 0 Å². The molecule has 0 radical (unpaired) electrons. The molecule has 1 aromatic heterocycles. The summed E-state index contributed by atoms with van der Waals surface area (Å²) in [6.07, 6.45) is 7.55. The molecule has 1 saturated carbocycles. The first-order valence-electron chi connectivity index (χ1n) is 8.08. The maximum atomic E-state index is 4.88. The number of nitrogens with zero attached hydrogens (tertiary/aromatic N) is 2. The zero-order valence-corrected chi connectivity index (χ0v) is 12.8. The first kappa shape index (κ1) is 14.6. The molecule has 0 spiro atoms. The van der Waals surface area contributed by atoms with E-state index >= 15 is 0 Å². The van der Waals surface area contributed by atoms with Gasteiger partial charge in [-0.3, -0.25) is 4.68 Å². The summed E-state index contributed by atoms with van der Waals surface area (Å²) >= 11 is 0. The Hall–Kier alpha value is -0.830. The van der Waals surface area contributed by atoms with Crippen molar-refractivity contribution in [3.63, 3.8) is 0 Å². The van der Waals surface area contributed by atoms with Crippen molar-refractivity contribution in [3.05, 3.63) is 17.0 Å². The average Bonchev–Trinajstić information content (AvgIpc) is 2.71. The predicted molar refractivity (Wildman–Crippen MR) is 80.3 cm³/mol. The minimum Gasteiger partial charge on any atom is -0.313 e. The van der Waals surface area contributed by atoms with Crippen molar-refractivity contribution in [2.45, 2.75) is 72.4 Å². The van der Waals surface area contributed by atoms with Crippen molar-refractivity contribution >= 4 is 0 Å². The van der Waals surface area contributed by atoms with E-state index in [0.717, 1.165) is 38.4 Å². The summed E-state index contributed by atoms with van der Waals surface area (Å²) in [5, 5.41) is 8.42. The Morgan fingerprint density at radius 3 is 2.53 bits per heavy atom. The molecule has 0 aliphatic heterocycles. The standard InChI is InChI=1S/C16H29N3/c1-4-10-17-11-14-15(5-2)18-19(16(14)6-3)12-13-8-7-9-13/h13,17H,4-12H2,1-3H3. The minimum atomic E-state index is 0.881. The Bertz CT molecular complexity index is 391. The number of nitrogens with one attached hydrogen (secondary N) is 1. The highest BCUT2D eigenvalue weighted by Gasteiger charge is 2.21. The summed E-state index contributed by atoms with van der Waals surface area (Å²) in [7, 11) is 0. The van der Waals surface area contributed by atoms with Gasteiger partial charge in [0.2, 0.25) is 0 Å². The second-order valence-electron chi connectivity index (χ2n) is 5.73. The van der Waals surface area contributed by atoms with Crippen LogP contribution in [-0.2, 0) is 25.9 Å². The normalized spacial score (nSPS) is 15.7. The molecule has 108 valence electrons. The van der Waals surface area contributed by atoms with Gasteiger partial charge in [0.25, 0.3) is 0 Å². The Morgan fingerprint density at radius 1 is 1.21 bits per heavy atom. The molecule has 1 N–H and O–H groups in total. The van der Waals surface area contributed by atoms with Gasteiger partial charge in [-0.25, -0.2) is 0 Å². The van der Waals surface area contributed by atoms with E-state index in [1.165, 1.54) is 42.6 Å². The van der Waals surface area contributed by atoms with E-state index in [1.54, 1.807) is 0 Å². The van der Waals surface area contributed by atoms with E-state index in [9.17, 15) is 0 Å². The molecule has 0 aromatic carbocycles. The van der Waals surface area contributed by atoms with Gasteiger partial charge in [-0.15, -0.1) is 0 Å². The van der Waals surface area contributed by atoms with Gasteiger partial charge in [-0.05, 0) is 44.6 Å². The van der Waals surface area contributed by atoms with E-state index in [4.69, 9.17) is 5.10 Å². The highest BCUT2D eigenvalue weighted by Crippen LogP contribution is 2.29. The SMILES string of the molecule is CCCNCc1c(CC)nn(CC2CCC2)c1CC. The van der Waals surface area contributed by atoms with Gasteiger partial charge in [0.15, 0.2) is 0 Å². The zero-order valence-electron chi connectivity index (χ0n) is 12.8. The van der Waals surface area contributed by atoms with E-state index in [0.29, 0.717) is 0 Å². The predicted octanol–water partition coefficient (Wildman–Crippen LogP) is 3.31. The van der Waals surface area contributed by atoms with Crippen molar-refractivity contribution in [3.8, 4) is 0 Å². The molecule has 1 aromatic rings. The van der Waals surface area contributed by atoms with Crippen LogP contribution in [0.3, 0.4) is 0 Å². The molecule has 3 heteroatoms. The summed E-state index contributed by atoms with van der Waals surface area (Å²) < 4.78 is 2.31. The van der Waals surface area contributed by atoms with Crippen LogP contribution in [0.2, 0.25) is 0 Å². The van der Waals surface area contributed by atoms with Crippen LogP contribution in [0.25, 0.3) is 0 Å². The molecule has 0 saturated heterocycles. The smallest absolute Gasteiger partial charge is 0.0669 e. The molecule has 1 heterocycles. The third kappa shape index (κ3) is 3.38. The molecular weight excluding hydrogens is 234 g/mol. The summed E-state index contributed by atoms with van der Waals surface area (Å²) in [4.78, 5) is 0. The fraction of sp³-hybridized carbons (Fsp3) is 0.812. The molecule has 2 rings (SSSR count). The summed E-state index contributed by atoms with van der Waals surface area (Å²) in [5.74, 6) is 0.881. The maximum absolute atomic E-state index is 4.88. The topological polar surface area (TPSA) is 29.9 Å². The molecule has 1 fully saturated rings. The van der Waals surface area contributed by atoms with Gasteiger partial charge in [0, 0.05) is 24.3 Å². The number of aromatic nitrogens is 2. The minimum absolute atomic E-state index is 0.881. The first-order valence-corrected chi connectivity index (χ1v) is 8.08. The van der Waals surface area contributed by atoms with Crippen molar-refractivity contribution in [1.82, 2.24) is 15.1 Å². The fourth-order valence-corrected chi connectivity index (χ4v) is 2.93. The number of hydrogen-bond acceptors (Lipinski definition) is 2. The Kier molecular flexibility index (Phi) is 5.44. The monoisotopic (exact) mass is 263 g/mol. The summed E-state index contributed by atoms with van der Waals surface area (Å²) in [5.41, 5.74) is 4.24. The first-order chi connectivity index (χ1) is 9.30. The third-order valence-corrected chi connectivity index (χ3v) is 4.30. The second kappa shape index (κ2) is 7.09. The van der Waals surface area contributed by atoms with E-state index < -0.39 is 0 Å². The summed E-state index contributed by atoms with van der Waals surface area (Å²) in [6, 6.07) is 0. The molecule has 1 aliphatic carbocycles. The molecule has 1 aliphatic rings. The van der Waals surface area contributed by atoms with Crippen molar-refractivity contribution in [2.24, 2.45) is 5.92 Å². The van der Waals surface area contributed by atoms with Crippen LogP contribution < -0.4 is 5.32 Å². The Morgan fingerprint density at radius 2 is 2.00 bits per heavy atom. The van der Waals surface area contributed by atoms with E-state index in [1.807, 2.05) is 0 Å². The van der Waals surface area contributed by atoms with Crippen LogP contribution in [0.5, 0.6) is 0 Å². The number of aryl methyl sites for hydroxylation is 1. The molecule has 0 amide bonds. The van der Waals surface area contributed by atoms with E-state index in [-0.39, 0.29) is 0 Å². The highest BCUT2D eigenvalue weighted by atomic mass is 15.3. The van der Waals surface area contributed by atoms with Crippen LogP contribution in [0, 0.1) is 5.92 Å². The zero-order chi connectivity index (χ0) is 13.7. The van der Waals surface area contributed by atoms with Gasteiger partial charge in [-0.2, -0.15) is 5.10 Å². The van der Waals surface area contributed by atoms with Crippen LogP contribution in [0.1, 0.15) is 63.4 Å². The number of hydrogen-bond donors (Lipinski definition) is 1.